The van der Waals surface area contributed by atoms with E-state index in [1.807, 2.05) is 0 Å². The molecule has 0 heterocycles. The molecule has 0 saturated heterocycles. The second-order valence-corrected chi connectivity index (χ2v) is 8.48. The van der Waals surface area contributed by atoms with Crippen LogP contribution in [-0.2, 0) is 18.0 Å². The molecule has 0 aromatic heterocycles. The van der Waals surface area contributed by atoms with Gasteiger partial charge in [-0.05, 0) is 24.3 Å². The van der Waals surface area contributed by atoms with Crippen molar-refractivity contribution in [1.29, 1.82) is 0 Å². The van der Waals surface area contributed by atoms with E-state index in [1.54, 1.807) is 24.3 Å². The molecule has 5 nitrogen and oxygen atoms in total. The van der Waals surface area contributed by atoms with Gasteiger partial charge in [-0.15, -0.1) is 0 Å². The van der Waals surface area contributed by atoms with Crippen LogP contribution in [-0.4, -0.2) is 34.2 Å². The Kier molecular flexibility index (Phi) is 8.94. The fraction of sp³-hybridized carbons (Fsp3) is 0. The van der Waals surface area contributed by atoms with Crippen LogP contribution in [0.2, 0.25) is 0 Å². The van der Waals surface area contributed by atoms with E-state index in [0.717, 1.165) is 0 Å². The van der Waals surface area contributed by atoms with Gasteiger partial charge >= 0.3 is 69.4 Å². The number of hydrogen-bond acceptors (Lipinski definition) is 5. The van der Waals surface area contributed by atoms with Gasteiger partial charge in [-0.25, -0.2) is 8.42 Å². The van der Waals surface area contributed by atoms with E-state index in [0.29, 0.717) is 0 Å². The molecule has 0 bridgehead atoms. The first-order chi connectivity index (χ1) is 8.93. The van der Waals surface area contributed by atoms with Gasteiger partial charge in [0.2, 0.25) is 0 Å². The molecule has 0 aliphatic carbocycles. The third-order valence-corrected chi connectivity index (χ3v) is 6.42. The molecule has 0 atom stereocenters. The van der Waals surface area contributed by atoms with Gasteiger partial charge in [0.1, 0.15) is 5.75 Å². The molecule has 0 unspecified atom stereocenters. The Hall–Kier alpha value is 0.309. The van der Waals surface area contributed by atoms with Crippen LogP contribution in [0.15, 0.2) is 65.6 Å². The van der Waals surface area contributed by atoms with Crippen LogP contribution in [0.5, 0.6) is 5.75 Å². The van der Waals surface area contributed by atoms with Crippen molar-refractivity contribution < 1.29 is 73.8 Å². The van der Waals surface area contributed by atoms with Crippen LogP contribution in [0.25, 0.3) is 0 Å². The summed E-state index contributed by atoms with van der Waals surface area (Å²) < 4.78 is 52.1. The Morgan fingerprint density at radius 2 is 1.19 bits per heavy atom. The topological polar surface area (TPSA) is 77.5 Å². The molecular formula is C12H14AlKO5S2. The summed E-state index contributed by atoms with van der Waals surface area (Å²) in [7, 11) is -9.38. The molecule has 0 spiro atoms. The average Bonchev–Trinajstić information content (AvgIpc) is 2.40. The molecule has 2 rings (SSSR count). The molecule has 0 aliphatic heterocycles. The number of hydrogen-bond donors (Lipinski definition) is 0. The van der Waals surface area contributed by atoms with E-state index in [2.05, 4.69) is 4.18 Å². The molecule has 0 radical (unpaired) electrons. The monoisotopic (exact) mass is 368 g/mol. The molecule has 0 amide bonds. The summed E-state index contributed by atoms with van der Waals surface area (Å²) >= 11 is 0. The third-order valence-electron chi connectivity index (χ3n) is 2.24. The maximum Gasteiger partial charge on any atom is 1.00 e. The normalized spacial score (nSPS) is 10.9. The quantitative estimate of drug-likeness (QED) is 0.449. The van der Waals surface area contributed by atoms with Crippen molar-refractivity contribution in [2.45, 2.75) is 4.90 Å². The zero-order chi connectivity index (χ0) is 13.9. The van der Waals surface area contributed by atoms with Crippen molar-refractivity contribution in [2.75, 3.05) is 0 Å². The van der Waals surface area contributed by atoms with Crippen LogP contribution in [0.3, 0.4) is 0 Å². The van der Waals surface area contributed by atoms with Crippen molar-refractivity contribution >= 4 is 35.4 Å². The predicted molar refractivity (Wildman–Crippen MR) is 80.7 cm³/mol. The Labute approximate surface area is 178 Å². The minimum atomic E-state index is -4.79. The standard InChI is InChI=1S/C12H10O5S2.Al.K.4H/c13-18(14,12-9-5-2-6-10-12)19(15,16)17-11-7-3-1-4-8-11;;;;;;/h1-10H;;;;;;/q;;+1;;;;-1. The predicted octanol–water partition coefficient (Wildman–Crippen LogP) is -2.28. The van der Waals surface area contributed by atoms with E-state index in [9.17, 15) is 16.8 Å². The smallest absolute Gasteiger partial charge is 1.00 e. The number of para-hydroxylation sites is 1. The summed E-state index contributed by atoms with van der Waals surface area (Å²) in [5.41, 5.74) is 0. The summed E-state index contributed by atoms with van der Waals surface area (Å²) in [6.45, 7) is 0. The van der Waals surface area contributed by atoms with Gasteiger partial charge in [-0.3, -0.25) is 0 Å². The molecular weight excluding hydrogens is 354 g/mol. The maximum absolute atomic E-state index is 11.9. The van der Waals surface area contributed by atoms with Crippen molar-refractivity contribution in [1.82, 2.24) is 0 Å². The average molecular weight is 368 g/mol. The third kappa shape index (κ3) is 5.16. The maximum atomic E-state index is 11.9. The van der Waals surface area contributed by atoms with Crippen LogP contribution in [0.4, 0.5) is 0 Å². The molecule has 2 aromatic carbocycles. The largest absolute Gasteiger partial charge is 1.00 e. The zero-order valence-electron chi connectivity index (χ0n) is 11.6. The fourth-order valence-electron chi connectivity index (χ4n) is 1.34. The van der Waals surface area contributed by atoms with Gasteiger partial charge in [0.25, 0.3) is 0 Å². The van der Waals surface area contributed by atoms with E-state index >= 15 is 0 Å². The van der Waals surface area contributed by atoms with E-state index < -0.39 is 18.0 Å². The summed E-state index contributed by atoms with van der Waals surface area (Å²) in [5.74, 6) is -0.0537. The van der Waals surface area contributed by atoms with Gasteiger partial charge in [-0.1, -0.05) is 36.4 Å². The molecule has 108 valence electrons. The van der Waals surface area contributed by atoms with Crippen LogP contribution < -0.4 is 55.6 Å². The second-order valence-electron chi connectivity index (χ2n) is 3.57. The number of benzene rings is 2. The van der Waals surface area contributed by atoms with Crippen LogP contribution in [0, 0.1) is 0 Å². The number of rotatable bonds is 4. The van der Waals surface area contributed by atoms with Crippen molar-refractivity contribution in [3.05, 3.63) is 60.7 Å². The van der Waals surface area contributed by atoms with Gasteiger partial charge < -0.3 is 5.61 Å². The minimum Gasteiger partial charge on any atom is -1.00 e. The van der Waals surface area contributed by atoms with E-state index in [-0.39, 0.29) is 80.8 Å². The summed E-state index contributed by atoms with van der Waals surface area (Å²) in [4.78, 5) is -0.328. The molecule has 0 aliphatic rings. The Bertz CT molecular complexity index is 768. The first kappa shape index (κ1) is 21.3. The molecule has 0 N–H and O–H groups in total. The SMILES string of the molecule is O=S(=O)(Oc1ccccc1)S(=O)(=O)c1ccccc1.[AlH3].[H-].[K+]. The fourth-order valence-corrected chi connectivity index (χ4v) is 4.05. The first-order valence-electron chi connectivity index (χ1n) is 5.23. The Morgan fingerprint density at radius 1 is 0.762 bits per heavy atom. The second kappa shape index (κ2) is 8.81. The van der Waals surface area contributed by atoms with Crippen LogP contribution in [0.1, 0.15) is 1.43 Å². The van der Waals surface area contributed by atoms with Gasteiger partial charge in [0.15, 0.2) is 17.4 Å². The van der Waals surface area contributed by atoms with Crippen molar-refractivity contribution in [3.63, 3.8) is 0 Å². The van der Waals surface area contributed by atoms with Gasteiger partial charge in [-0.2, -0.15) is 8.42 Å². The molecule has 2 aromatic rings. The summed E-state index contributed by atoms with van der Waals surface area (Å²) in [6.07, 6.45) is 0. The van der Waals surface area contributed by atoms with Gasteiger partial charge in [0.05, 0.1) is 4.90 Å². The Morgan fingerprint density at radius 3 is 1.67 bits per heavy atom. The van der Waals surface area contributed by atoms with Crippen LogP contribution >= 0.6 is 0 Å². The van der Waals surface area contributed by atoms with Gasteiger partial charge in [0, 0.05) is 0 Å². The minimum absolute atomic E-state index is 0. The van der Waals surface area contributed by atoms with Crippen molar-refractivity contribution in [3.8, 4) is 5.75 Å². The molecule has 9 heteroatoms. The molecule has 0 fully saturated rings. The first-order valence-corrected chi connectivity index (χ1v) is 8.64. The zero-order valence-corrected chi connectivity index (χ0v) is 15.4. The van der Waals surface area contributed by atoms with Crippen molar-refractivity contribution in [2.24, 2.45) is 0 Å². The Balaban J connectivity index is 0. The summed E-state index contributed by atoms with van der Waals surface area (Å²) in [5, 5.41) is 0. The van der Waals surface area contributed by atoms with E-state index in [4.69, 9.17) is 0 Å². The van der Waals surface area contributed by atoms with E-state index in [1.165, 1.54) is 36.4 Å². The summed E-state index contributed by atoms with van der Waals surface area (Å²) in [6, 6.07) is 14.3. The molecule has 0 saturated carbocycles. The molecule has 21 heavy (non-hydrogen) atoms.